The fraction of sp³-hybridized carbons (Fsp3) is 0.190. The highest BCUT2D eigenvalue weighted by atomic mass is 35.5. The van der Waals surface area contributed by atoms with Gasteiger partial charge in [-0.2, -0.15) is 5.16 Å². The molecule has 3 aromatic rings. The van der Waals surface area contributed by atoms with E-state index < -0.39 is 29.5 Å². The van der Waals surface area contributed by atoms with Gasteiger partial charge >= 0.3 is 5.97 Å². The minimum Gasteiger partial charge on any atom is -0.480 e. The number of H-pyrrole nitrogens is 1. The Morgan fingerprint density at radius 2 is 1.87 bits per heavy atom. The lowest BCUT2D eigenvalue weighted by Crippen LogP contribution is -2.48. The summed E-state index contributed by atoms with van der Waals surface area (Å²) in [5.74, 6) is -1.65. The molecular formula is C21H20ClN3O5. The number of aromatic amines is 1. The Balaban J connectivity index is 1.76. The van der Waals surface area contributed by atoms with Crippen molar-refractivity contribution in [2.24, 2.45) is 0 Å². The second-order valence-electron chi connectivity index (χ2n) is 6.76. The molecule has 0 saturated carbocycles. The number of amides is 1. The molecule has 4 N–H and O–H groups in total. The number of nitrogens with one attached hydrogen (secondary N) is 3. The van der Waals surface area contributed by atoms with Crippen molar-refractivity contribution in [2.45, 2.75) is 25.4 Å². The normalized spacial score (nSPS) is 12.9. The number of carboxylic acid groups (broad SMARTS) is 1. The molecule has 0 aliphatic rings. The van der Waals surface area contributed by atoms with Crippen LogP contribution in [-0.4, -0.2) is 34.2 Å². The van der Waals surface area contributed by atoms with Crippen molar-refractivity contribution in [3.8, 4) is 11.1 Å². The van der Waals surface area contributed by atoms with Crippen LogP contribution in [0.5, 0.6) is 0 Å². The maximum absolute atomic E-state index is 12.7. The van der Waals surface area contributed by atoms with E-state index in [0.29, 0.717) is 5.02 Å². The van der Waals surface area contributed by atoms with Gasteiger partial charge in [-0.05, 0) is 42.2 Å². The predicted molar refractivity (Wildman–Crippen MR) is 113 cm³/mol. The molecule has 9 heteroatoms. The Kier molecular flexibility index (Phi) is 6.71. The number of halogens is 1. The van der Waals surface area contributed by atoms with Crippen LogP contribution in [-0.2, 0) is 16.0 Å². The highest BCUT2D eigenvalue weighted by Gasteiger charge is 2.24. The summed E-state index contributed by atoms with van der Waals surface area (Å²) in [6.45, 7) is 1.45. The van der Waals surface area contributed by atoms with Crippen LogP contribution in [0.15, 0.2) is 63.9 Å². The second-order valence-corrected chi connectivity index (χ2v) is 7.19. The van der Waals surface area contributed by atoms with E-state index in [1.54, 1.807) is 6.07 Å². The molecule has 8 nitrogen and oxygen atoms in total. The van der Waals surface area contributed by atoms with Gasteiger partial charge in [0, 0.05) is 5.02 Å². The average Bonchev–Trinajstić information content (AvgIpc) is 3.12. The number of hydrogen-bond acceptors (Lipinski definition) is 5. The molecule has 0 fully saturated rings. The van der Waals surface area contributed by atoms with E-state index in [9.17, 15) is 19.5 Å². The SMILES string of the molecule is CC(N[C@H](Cc1ccc(-c2cccc(Cl)c2)cc1)C(=O)Nc1cc(=O)[nH]o1)C(=O)O. The van der Waals surface area contributed by atoms with Crippen LogP contribution in [0.4, 0.5) is 5.88 Å². The number of carbonyl (C=O) groups is 2. The molecule has 1 unspecified atom stereocenters. The molecule has 0 radical (unpaired) electrons. The number of carbonyl (C=O) groups excluding carboxylic acids is 1. The third-order valence-corrected chi connectivity index (χ3v) is 4.70. The van der Waals surface area contributed by atoms with Gasteiger partial charge < -0.3 is 9.63 Å². The van der Waals surface area contributed by atoms with E-state index in [1.807, 2.05) is 42.5 Å². The molecule has 3 rings (SSSR count). The summed E-state index contributed by atoms with van der Waals surface area (Å²) in [5.41, 5.74) is 2.25. The minimum absolute atomic E-state index is 0.0453. The lowest BCUT2D eigenvalue weighted by atomic mass is 10.00. The number of aromatic nitrogens is 1. The van der Waals surface area contributed by atoms with Crippen molar-refractivity contribution in [3.63, 3.8) is 0 Å². The minimum atomic E-state index is -1.09. The zero-order valence-electron chi connectivity index (χ0n) is 16.0. The molecule has 30 heavy (non-hydrogen) atoms. The van der Waals surface area contributed by atoms with Crippen molar-refractivity contribution >= 4 is 29.4 Å². The zero-order chi connectivity index (χ0) is 21.7. The van der Waals surface area contributed by atoms with Gasteiger partial charge in [0.15, 0.2) is 0 Å². The Bertz CT molecular complexity index is 1090. The largest absolute Gasteiger partial charge is 0.480 e. The average molecular weight is 430 g/mol. The Labute approximate surface area is 176 Å². The molecule has 2 aromatic carbocycles. The molecule has 0 spiro atoms. The summed E-state index contributed by atoms with van der Waals surface area (Å²) in [7, 11) is 0. The number of hydrogen-bond donors (Lipinski definition) is 4. The van der Waals surface area contributed by atoms with Gasteiger partial charge in [-0.3, -0.25) is 25.0 Å². The van der Waals surface area contributed by atoms with Gasteiger partial charge in [-0.1, -0.05) is 48.0 Å². The van der Waals surface area contributed by atoms with E-state index in [4.69, 9.17) is 16.1 Å². The molecule has 1 aromatic heterocycles. The summed E-state index contributed by atoms with van der Waals surface area (Å²) in [4.78, 5) is 35.1. The van der Waals surface area contributed by atoms with Crippen molar-refractivity contribution in [2.75, 3.05) is 5.32 Å². The van der Waals surface area contributed by atoms with Crippen LogP contribution in [0, 0.1) is 0 Å². The third-order valence-electron chi connectivity index (χ3n) is 4.46. The van der Waals surface area contributed by atoms with Crippen molar-refractivity contribution in [3.05, 3.63) is 75.5 Å². The maximum atomic E-state index is 12.7. The summed E-state index contributed by atoms with van der Waals surface area (Å²) in [6.07, 6.45) is 0.230. The van der Waals surface area contributed by atoms with Crippen LogP contribution in [0.2, 0.25) is 5.02 Å². The van der Waals surface area contributed by atoms with Crippen molar-refractivity contribution < 1.29 is 19.2 Å². The number of benzene rings is 2. The van der Waals surface area contributed by atoms with E-state index in [0.717, 1.165) is 22.8 Å². The Morgan fingerprint density at radius 3 is 2.47 bits per heavy atom. The summed E-state index contributed by atoms with van der Waals surface area (Å²) in [6, 6.07) is 14.3. The summed E-state index contributed by atoms with van der Waals surface area (Å²) in [5, 5.41) is 17.2. The highest BCUT2D eigenvalue weighted by molar-refractivity contribution is 6.30. The van der Waals surface area contributed by atoms with Crippen LogP contribution in [0.1, 0.15) is 12.5 Å². The lowest BCUT2D eigenvalue weighted by Gasteiger charge is -2.20. The summed E-state index contributed by atoms with van der Waals surface area (Å²) >= 11 is 6.04. The van der Waals surface area contributed by atoms with Gasteiger partial charge in [0.05, 0.1) is 12.1 Å². The van der Waals surface area contributed by atoms with Crippen molar-refractivity contribution in [1.29, 1.82) is 0 Å². The van der Waals surface area contributed by atoms with E-state index in [2.05, 4.69) is 15.8 Å². The Hall–Kier alpha value is -3.36. The summed E-state index contributed by atoms with van der Waals surface area (Å²) < 4.78 is 4.84. The van der Waals surface area contributed by atoms with E-state index in [-0.39, 0.29) is 12.3 Å². The first kappa shape index (κ1) is 21.4. The number of anilines is 1. The first-order chi connectivity index (χ1) is 14.3. The second kappa shape index (κ2) is 9.43. The molecular weight excluding hydrogens is 410 g/mol. The first-order valence-electron chi connectivity index (χ1n) is 9.15. The predicted octanol–water partition coefficient (Wildman–Crippen LogP) is 2.90. The van der Waals surface area contributed by atoms with Gasteiger partial charge in [0.1, 0.15) is 6.04 Å². The smallest absolute Gasteiger partial charge is 0.320 e. The first-order valence-corrected chi connectivity index (χ1v) is 9.53. The van der Waals surface area contributed by atoms with Crippen LogP contribution in [0.3, 0.4) is 0 Å². The van der Waals surface area contributed by atoms with Gasteiger partial charge in [-0.25, -0.2) is 0 Å². The molecule has 1 heterocycles. The van der Waals surface area contributed by atoms with Crippen LogP contribution >= 0.6 is 11.6 Å². The van der Waals surface area contributed by atoms with E-state index in [1.165, 1.54) is 6.92 Å². The molecule has 1 amide bonds. The van der Waals surface area contributed by atoms with Gasteiger partial charge in [-0.15, -0.1) is 0 Å². The molecule has 156 valence electrons. The van der Waals surface area contributed by atoms with E-state index >= 15 is 0 Å². The fourth-order valence-electron chi connectivity index (χ4n) is 2.89. The fourth-order valence-corrected chi connectivity index (χ4v) is 3.08. The number of rotatable bonds is 8. The monoisotopic (exact) mass is 429 g/mol. The standard InChI is InChI=1S/C21H20ClN3O5/c1-12(21(28)29)23-17(20(27)24-19-11-18(26)25-30-19)9-13-5-7-14(8-6-13)15-3-2-4-16(22)10-15/h2-8,10-12,17,23H,9H2,1H3,(H,24,27)(H,25,26)(H,28,29)/t12?,17-/m1/s1. The Morgan fingerprint density at radius 1 is 1.13 bits per heavy atom. The van der Waals surface area contributed by atoms with Gasteiger partial charge in [0.2, 0.25) is 11.8 Å². The number of aliphatic carboxylic acids is 1. The molecule has 2 atom stereocenters. The van der Waals surface area contributed by atoms with Crippen molar-refractivity contribution in [1.82, 2.24) is 10.5 Å². The third kappa shape index (κ3) is 5.59. The topological polar surface area (TPSA) is 124 Å². The quantitative estimate of drug-likeness (QED) is 0.436. The molecule has 0 saturated heterocycles. The number of carboxylic acids is 1. The van der Waals surface area contributed by atoms with Crippen LogP contribution in [0.25, 0.3) is 11.1 Å². The van der Waals surface area contributed by atoms with Gasteiger partial charge in [0.25, 0.3) is 5.56 Å². The molecule has 0 bridgehead atoms. The highest BCUT2D eigenvalue weighted by Crippen LogP contribution is 2.23. The maximum Gasteiger partial charge on any atom is 0.320 e. The zero-order valence-corrected chi connectivity index (χ0v) is 16.8. The van der Waals surface area contributed by atoms with Crippen LogP contribution < -0.4 is 16.2 Å². The molecule has 0 aliphatic carbocycles. The lowest BCUT2D eigenvalue weighted by molar-refractivity contribution is -0.139. The molecule has 0 aliphatic heterocycles.